The molecule has 2 N–H and O–H groups in total. The van der Waals surface area contributed by atoms with E-state index in [-0.39, 0.29) is 17.2 Å². The molecule has 0 unspecified atom stereocenters. The Morgan fingerprint density at radius 3 is 2.96 bits per heavy atom. The molecule has 9 heteroatoms. The topological polar surface area (TPSA) is 92.2 Å². The number of halogens is 1. The Morgan fingerprint density at radius 1 is 1.38 bits per heavy atom. The fourth-order valence-electron chi connectivity index (χ4n) is 2.18. The zero-order valence-electron chi connectivity index (χ0n) is 12.7. The maximum Gasteiger partial charge on any atom is 0.252 e. The minimum absolute atomic E-state index is 0.140. The van der Waals surface area contributed by atoms with Gasteiger partial charge in [0.2, 0.25) is 11.7 Å². The lowest BCUT2D eigenvalue weighted by atomic mass is 10.2. The summed E-state index contributed by atoms with van der Waals surface area (Å²) in [6.45, 7) is 2.15. The van der Waals surface area contributed by atoms with E-state index < -0.39 is 0 Å². The van der Waals surface area contributed by atoms with Gasteiger partial charge in [0.05, 0.1) is 5.75 Å². The molecule has 0 aliphatic carbocycles. The number of aromatic nitrogens is 4. The summed E-state index contributed by atoms with van der Waals surface area (Å²) in [5.74, 6) is 0.404. The lowest BCUT2D eigenvalue weighted by molar-refractivity contribution is -0.118. The predicted octanol–water partition coefficient (Wildman–Crippen LogP) is 1.79. The molecule has 1 amide bonds. The minimum Gasteiger partial charge on any atom is -0.351 e. The third-order valence-corrected chi connectivity index (χ3v) is 4.62. The van der Waals surface area contributed by atoms with E-state index >= 15 is 0 Å². The van der Waals surface area contributed by atoms with Crippen molar-refractivity contribution < 1.29 is 4.79 Å². The Morgan fingerprint density at radius 2 is 2.17 bits per heavy atom. The molecule has 24 heavy (non-hydrogen) atoms. The average Bonchev–Trinajstić information content (AvgIpc) is 2.95. The first-order valence-electron chi connectivity index (χ1n) is 7.12. The standard InChI is InChI=1S/C15H14ClN5O2S/c1-9-6-12(22)18-14-19-20-15(21(9)14)24-8-13(23)17-7-10-4-2-3-5-11(10)16/h2-6H,7-8H2,1H3,(H,17,23)(H,18,19,22). The van der Waals surface area contributed by atoms with Gasteiger partial charge in [0.15, 0.2) is 5.16 Å². The quantitative estimate of drug-likeness (QED) is 0.674. The number of carbonyl (C=O) groups is 1. The molecule has 0 atom stereocenters. The number of nitrogens with zero attached hydrogens (tertiary/aromatic N) is 3. The second-order valence-corrected chi connectivity index (χ2v) is 6.42. The van der Waals surface area contributed by atoms with E-state index in [1.54, 1.807) is 17.4 Å². The SMILES string of the molecule is Cc1cc(=O)[nH]c2nnc(SCC(=O)NCc3ccccc3Cl)n12. The summed E-state index contributed by atoms with van der Waals surface area (Å²) in [7, 11) is 0. The van der Waals surface area contributed by atoms with Crippen molar-refractivity contribution in [3.63, 3.8) is 0 Å². The van der Waals surface area contributed by atoms with Crippen LogP contribution >= 0.6 is 23.4 Å². The van der Waals surface area contributed by atoms with Gasteiger partial charge in [-0.3, -0.25) is 19.0 Å². The van der Waals surface area contributed by atoms with Crippen LogP contribution in [0.2, 0.25) is 5.02 Å². The molecule has 0 bridgehead atoms. The van der Waals surface area contributed by atoms with Gasteiger partial charge in [-0.15, -0.1) is 10.2 Å². The Bertz CT molecular complexity index is 952. The van der Waals surface area contributed by atoms with E-state index in [2.05, 4.69) is 20.5 Å². The molecule has 0 spiro atoms. The van der Waals surface area contributed by atoms with Gasteiger partial charge in [-0.25, -0.2) is 0 Å². The second-order valence-electron chi connectivity index (χ2n) is 5.07. The van der Waals surface area contributed by atoms with E-state index in [0.717, 1.165) is 5.56 Å². The Labute approximate surface area is 146 Å². The minimum atomic E-state index is -0.235. The van der Waals surface area contributed by atoms with E-state index in [1.807, 2.05) is 18.2 Å². The summed E-state index contributed by atoms with van der Waals surface area (Å²) >= 11 is 7.30. The molecule has 124 valence electrons. The summed E-state index contributed by atoms with van der Waals surface area (Å²) in [4.78, 5) is 26.0. The van der Waals surface area contributed by atoms with Crippen LogP contribution in [0, 0.1) is 6.92 Å². The number of thioether (sulfide) groups is 1. The van der Waals surface area contributed by atoms with Gasteiger partial charge < -0.3 is 5.32 Å². The number of fused-ring (bicyclic) bond motifs is 1. The zero-order chi connectivity index (χ0) is 17.1. The van der Waals surface area contributed by atoms with Crippen LogP contribution in [0.25, 0.3) is 5.78 Å². The van der Waals surface area contributed by atoms with Crippen molar-refractivity contribution in [1.82, 2.24) is 24.9 Å². The smallest absolute Gasteiger partial charge is 0.252 e. The van der Waals surface area contributed by atoms with Gasteiger partial charge >= 0.3 is 0 Å². The molecule has 3 aromatic rings. The molecule has 0 aliphatic rings. The fourth-order valence-corrected chi connectivity index (χ4v) is 3.20. The van der Waals surface area contributed by atoms with Crippen molar-refractivity contribution in [3.05, 3.63) is 57.0 Å². The number of carbonyl (C=O) groups excluding carboxylic acids is 1. The van der Waals surface area contributed by atoms with Crippen LogP contribution in [0.4, 0.5) is 0 Å². The highest BCUT2D eigenvalue weighted by Crippen LogP contribution is 2.17. The van der Waals surface area contributed by atoms with Gasteiger partial charge in [0, 0.05) is 23.3 Å². The Hall–Kier alpha value is -2.32. The maximum absolute atomic E-state index is 12.0. The zero-order valence-corrected chi connectivity index (χ0v) is 14.3. The predicted molar refractivity (Wildman–Crippen MR) is 92.4 cm³/mol. The van der Waals surface area contributed by atoms with Gasteiger partial charge in [-0.1, -0.05) is 41.6 Å². The lowest BCUT2D eigenvalue weighted by Gasteiger charge is -2.06. The number of nitrogens with one attached hydrogen (secondary N) is 2. The highest BCUT2D eigenvalue weighted by atomic mass is 35.5. The molecule has 2 heterocycles. The van der Waals surface area contributed by atoms with Gasteiger partial charge in [0.25, 0.3) is 5.56 Å². The Balaban J connectivity index is 1.63. The summed E-state index contributed by atoms with van der Waals surface area (Å²) in [6.07, 6.45) is 0. The normalized spacial score (nSPS) is 10.9. The molecule has 0 saturated carbocycles. The molecule has 0 aliphatic heterocycles. The molecule has 3 rings (SSSR count). The van der Waals surface area contributed by atoms with Crippen LogP contribution in [0.1, 0.15) is 11.3 Å². The van der Waals surface area contributed by atoms with Crippen molar-refractivity contribution >= 4 is 35.0 Å². The largest absolute Gasteiger partial charge is 0.351 e. The number of hydrogen-bond donors (Lipinski definition) is 2. The van der Waals surface area contributed by atoms with Crippen molar-refractivity contribution in [2.24, 2.45) is 0 Å². The third-order valence-electron chi connectivity index (χ3n) is 3.33. The van der Waals surface area contributed by atoms with Crippen molar-refractivity contribution in [1.29, 1.82) is 0 Å². The number of rotatable bonds is 5. The molecule has 2 aromatic heterocycles. The highest BCUT2D eigenvalue weighted by molar-refractivity contribution is 7.99. The summed E-state index contributed by atoms with van der Waals surface area (Å²) in [5, 5.41) is 11.9. The van der Waals surface area contributed by atoms with E-state index in [4.69, 9.17) is 11.6 Å². The first kappa shape index (κ1) is 16.5. The first-order valence-corrected chi connectivity index (χ1v) is 8.49. The van der Waals surface area contributed by atoms with Crippen LogP contribution in [-0.4, -0.2) is 31.2 Å². The Kier molecular flexibility index (Phi) is 4.86. The van der Waals surface area contributed by atoms with E-state index in [0.29, 0.717) is 28.2 Å². The number of benzene rings is 1. The van der Waals surface area contributed by atoms with E-state index in [9.17, 15) is 9.59 Å². The molecule has 1 aromatic carbocycles. The van der Waals surface area contributed by atoms with Crippen LogP contribution in [-0.2, 0) is 11.3 Å². The van der Waals surface area contributed by atoms with Gasteiger partial charge in [-0.05, 0) is 18.6 Å². The van der Waals surface area contributed by atoms with Crippen LogP contribution < -0.4 is 10.9 Å². The monoisotopic (exact) mass is 363 g/mol. The molecule has 0 fully saturated rings. The number of amides is 1. The lowest BCUT2D eigenvalue weighted by Crippen LogP contribution is -2.24. The van der Waals surface area contributed by atoms with Gasteiger partial charge in [0.1, 0.15) is 0 Å². The summed E-state index contributed by atoms with van der Waals surface area (Å²) in [6, 6.07) is 8.81. The average molecular weight is 364 g/mol. The number of aryl methyl sites for hydroxylation is 1. The number of aromatic amines is 1. The van der Waals surface area contributed by atoms with Crippen LogP contribution in [0.15, 0.2) is 40.3 Å². The molecule has 0 saturated heterocycles. The number of H-pyrrole nitrogens is 1. The van der Waals surface area contributed by atoms with Crippen molar-refractivity contribution in [2.45, 2.75) is 18.6 Å². The van der Waals surface area contributed by atoms with Crippen LogP contribution in [0.3, 0.4) is 0 Å². The van der Waals surface area contributed by atoms with Crippen molar-refractivity contribution in [2.75, 3.05) is 5.75 Å². The van der Waals surface area contributed by atoms with Crippen LogP contribution in [0.5, 0.6) is 0 Å². The second kappa shape index (κ2) is 7.06. The molecule has 7 nitrogen and oxygen atoms in total. The highest BCUT2D eigenvalue weighted by Gasteiger charge is 2.12. The fraction of sp³-hybridized carbons (Fsp3) is 0.200. The van der Waals surface area contributed by atoms with Gasteiger partial charge in [-0.2, -0.15) is 0 Å². The van der Waals surface area contributed by atoms with Crippen molar-refractivity contribution in [3.8, 4) is 0 Å². The number of hydrogen-bond acceptors (Lipinski definition) is 5. The third kappa shape index (κ3) is 3.60. The first-order chi connectivity index (χ1) is 11.5. The molecular formula is C15H14ClN5O2S. The maximum atomic E-state index is 12.0. The summed E-state index contributed by atoms with van der Waals surface area (Å²) < 4.78 is 1.70. The molecule has 0 radical (unpaired) electrons. The molecular weight excluding hydrogens is 350 g/mol. The van der Waals surface area contributed by atoms with E-state index in [1.165, 1.54) is 17.8 Å². The summed E-state index contributed by atoms with van der Waals surface area (Å²) in [5.41, 5.74) is 1.33.